The van der Waals surface area contributed by atoms with E-state index in [9.17, 15) is 4.79 Å². The van der Waals surface area contributed by atoms with Crippen LogP contribution < -0.4 is 5.32 Å². The van der Waals surface area contributed by atoms with Crippen molar-refractivity contribution in [2.45, 2.75) is 40.2 Å². The zero-order valence-corrected chi connectivity index (χ0v) is 13.2. The van der Waals surface area contributed by atoms with Crippen molar-refractivity contribution in [3.8, 4) is 0 Å². The molecule has 0 aliphatic heterocycles. The van der Waals surface area contributed by atoms with Crippen molar-refractivity contribution in [2.24, 2.45) is 0 Å². The van der Waals surface area contributed by atoms with Crippen LogP contribution in [0.25, 0.3) is 0 Å². The van der Waals surface area contributed by atoms with E-state index in [1.165, 1.54) is 16.7 Å². The maximum atomic E-state index is 12.5. The van der Waals surface area contributed by atoms with Crippen LogP contribution in [0.15, 0.2) is 42.5 Å². The van der Waals surface area contributed by atoms with E-state index in [1.54, 1.807) is 0 Å². The van der Waals surface area contributed by atoms with Crippen LogP contribution >= 0.6 is 0 Å². The summed E-state index contributed by atoms with van der Waals surface area (Å²) >= 11 is 0. The smallest absolute Gasteiger partial charge is 0.252 e. The van der Waals surface area contributed by atoms with Crippen LogP contribution in [0, 0.1) is 20.8 Å². The van der Waals surface area contributed by atoms with Gasteiger partial charge in [-0.25, -0.2) is 0 Å². The lowest BCUT2D eigenvalue weighted by Crippen LogP contribution is -2.29. The van der Waals surface area contributed by atoms with Gasteiger partial charge in [-0.15, -0.1) is 0 Å². The van der Waals surface area contributed by atoms with E-state index >= 15 is 0 Å². The molecule has 0 saturated carbocycles. The van der Waals surface area contributed by atoms with Crippen LogP contribution in [-0.4, -0.2) is 5.91 Å². The Balaban J connectivity index is 2.23. The van der Waals surface area contributed by atoms with Crippen LogP contribution in [0.2, 0.25) is 0 Å². The molecule has 2 aromatic carbocycles. The Morgan fingerprint density at radius 3 is 2.38 bits per heavy atom. The van der Waals surface area contributed by atoms with Crippen LogP contribution in [0.3, 0.4) is 0 Å². The third-order valence-corrected chi connectivity index (χ3v) is 3.90. The molecule has 2 rings (SSSR count). The van der Waals surface area contributed by atoms with Gasteiger partial charge in [-0.1, -0.05) is 48.9 Å². The molecule has 2 nitrogen and oxygen atoms in total. The van der Waals surface area contributed by atoms with Crippen molar-refractivity contribution in [1.29, 1.82) is 0 Å². The van der Waals surface area contributed by atoms with Gasteiger partial charge < -0.3 is 5.32 Å². The van der Waals surface area contributed by atoms with Crippen LogP contribution in [0.5, 0.6) is 0 Å². The molecule has 0 fully saturated rings. The highest BCUT2D eigenvalue weighted by Gasteiger charge is 2.16. The predicted molar refractivity (Wildman–Crippen MR) is 87.6 cm³/mol. The molecule has 0 radical (unpaired) electrons. The number of benzene rings is 2. The van der Waals surface area contributed by atoms with Gasteiger partial charge in [0.25, 0.3) is 5.91 Å². The third kappa shape index (κ3) is 3.52. The van der Waals surface area contributed by atoms with Crippen LogP contribution in [0.4, 0.5) is 0 Å². The Kier molecular flexibility index (Phi) is 4.79. The molecule has 2 aromatic rings. The number of aryl methyl sites for hydroxylation is 3. The van der Waals surface area contributed by atoms with Gasteiger partial charge in [-0.3, -0.25) is 4.79 Å². The Morgan fingerprint density at radius 1 is 1.05 bits per heavy atom. The van der Waals surface area contributed by atoms with E-state index in [2.05, 4.69) is 31.3 Å². The summed E-state index contributed by atoms with van der Waals surface area (Å²) in [5.74, 6) is 0.00241. The summed E-state index contributed by atoms with van der Waals surface area (Å²) in [5, 5.41) is 3.16. The summed E-state index contributed by atoms with van der Waals surface area (Å²) in [7, 11) is 0. The fraction of sp³-hybridized carbons (Fsp3) is 0.316. The molecule has 0 aliphatic carbocycles. The summed E-state index contributed by atoms with van der Waals surface area (Å²) in [6.45, 7) is 8.20. The first-order chi connectivity index (χ1) is 10.0. The Morgan fingerprint density at radius 2 is 1.76 bits per heavy atom. The fourth-order valence-electron chi connectivity index (χ4n) is 2.68. The highest BCUT2D eigenvalue weighted by atomic mass is 16.1. The summed E-state index contributed by atoms with van der Waals surface area (Å²) in [6.07, 6.45) is 0.876. The molecule has 0 bridgehead atoms. The first kappa shape index (κ1) is 15.3. The number of nitrogens with one attached hydrogen (secondary N) is 1. The van der Waals surface area contributed by atoms with Crippen molar-refractivity contribution in [2.75, 3.05) is 0 Å². The lowest BCUT2D eigenvalue weighted by molar-refractivity contribution is 0.0935. The Hall–Kier alpha value is -2.09. The first-order valence-corrected chi connectivity index (χ1v) is 7.46. The normalized spacial score (nSPS) is 12.0. The Bertz CT molecular complexity index is 646. The molecule has 0 spiro atoms. The van der Waals surface area contributed by atoms with E-state index in [-0.39, 0.29) is 11.9 Å². The minimum atomic E-state index is 0.00241. The lowest BCUT2D eigenvalue weighted by Gasteiger charge is -2.20. The number of hydrogen-bond acceptors (Lipinski definition) is 1. The van der Waals surface area contributed by atoms with Gasteiger partial charge in [0.2, 0.25) is 0 Å². The van der Waals surface area contributed by atoms with E-state index < -0.39 is 0 Å². The molecule has 0 unspecified atom stereocenters. The fourth-order valence-corrected chi connectivity index (χ4v) is 2.68. The average Bonchev–Trinajstić information content (AvgIpc) is 2.45. The summed E-state index contributed by atoms with van der Waals surface area (Å²) in [4.78, 5) is 12.5. The van der Waals surface area contributed by atoms with Gasteiger partial charge in [-0.2, -0.15) is 0 Å². The van der Waals surface area contributed by atoms with Crippen molar-refractivity contribution in [1.82, 2.24) is 5.32 Å². The van der Waals surface area contributed by atoms with Crippen molar-refractivity contribution >= 4 is 5.91 Å². The molecular formula is C19H23NO. The molecule has 0 saturated heterocycles. The minimum absolute atomic E-state index is 0.00241. The van der Waals surface area contributed by atoms with E-state index in [0.717, 1.165) is 17.5 Å². The molecule has 1 amide bonds. The average molecular weight is 281 g/mol. The first-order valence-electron chi connectivity index (χ1n) is 7.46. The van der Waals surface area contributed by atoms with Gasteiger partial charge in [0, 0.05) is 5.56 Å². The van der Waals surface area contributed by atoms with E-state index in [1.807, 2.05) is 44.2 Å². The van der Waals surface area contributed by atoms with Gasteiger partial charge in [-0.05, 0) is 49.9 Å². The Labute approximate surface area is 127 Å². The summed E-state index contributed by atoms with van der Waals surface area (Å²) in [5.41, 5.74) is 5.36. The standard InChI is InChI=1S/C19H23NO/c1-5-18(16-9-7-6-8-14(16)3)20-19(21)17-11-10-13(2)12-15(17)4/h6-12,18H,5H2,1-4H3,(H,20,21)/t18-/m1/s1. The second-order valence-corrected chi connectivity index (χ2v) is 5.61. The van der Waals surface area contributed by atoms with Crippen LogP contribution in [-0.2, 0) is 0 Å². The minimum Gasteiger partial charge on any atom is -0.345 e. The zero-order valence-electron chi connectivity index (χ0n) is 13.2. The molecule has 0 aliphatic rings. The predicted octanol–water partition coefficient (Wildman–Crippen LogP) is 4.49. The SMILES string of the molecule is CC[C@@H](NC(=O)c1ccc(C)cc1C)c1ccccc1C. The zero-order chi connectivity index (χ0) is 15.4. The maximum absolute atomic E-state index is 12.5. The molecule has 0 heterocycles. The van der Waals surface area contributed by atoms with E-state index in [0.29, 0.717) is 0 Å². The second kappa shape index (κ2) is 6.57. The van der Waals surface area contributed by atoms with Crippen molar-refractivity contribution < 1.29 is 4.79 Å². The highest BCUT2D eigenvalue weighted by Crippen LogP contribution is 2.21. The molecule has 2 heteroatoms. The van der Waals surface area contributed by atoms with Gasteiger partial charge >= 0.3 is 0 Å². The lowest BCUT2D eigenvalue weighted by atomic mass is 9.98. The number of carbonyl (C=O) groups excluding carboxylic acids is 1. The summed E-state index contributed by atoms with van der Waals surface area (Å²) in [6, 6.07) is 14.2. The third-order valence-electron chi connectivity index (χ3n) is 3.90. The molecule has 1 atom stereocenters. The largest absolute Gasteiger partial charge is 0.345 e. The molecule has 110 valence electrons. The number of rotatable bonds is 4. The summed E-state index contributed by atoms with van der Waals surface area (Å²) < 4.78 is 0. The molecular weight excluding hydrogens is 258 g/mol. The number of carbonyl (C=O) groups is 1. The number of hydrogen-bond donors (Lipinski definition) is 1. The second-order valence-electron chi connectivity index (χ2n) is 5.61. The van der Waals surface area contributed by atoms with Gasteiger partial charge in [0.15, 0.2) is 0 Å². The monoisotopic (exact) mass is 281 g/mol. The molecule has 0 aromatic heterocycles. The van der Waals surface area contributed by atoms with Crippen LogP contribution in [0.1, 0.15) is 52.0 Å². The highest BCUT2D eigenvalue weighted by molar-refractivity contribution is 5.95. The topological polar surface area (TPSA) is 29.1 Å². The van der Waals surface area contributed by atoms with Gasteiger partial charge in [0.1, 0.15) is 0 Å². The van der Waals surface area contributed by atoms with E-state index in [4.69, 9.17) is 0 Å². The number of amides is 1. The van der Waals surface area contributed by atoms with Gasteiger partial charge in [0.05, 0.1) is 6.04 Å². The molecule has 1 N–H and O–H groups in total. The quantitative estimate of drug-likeness (QED) is 0.878. The maximum Gasteiger partial charge on any atom is 0.252 e. The molecule has 21 heavy (non-hydrogen) atoms. The van der Waals surface area contributed by atoms with Crippen molar-refractivity contribution in [3.05, 3.63) is 70.3 Å². The van der Waals surface area contributed by atoms with Crippen molar-refractivity contribution in [3.63, 3.8) is 0 Å².